The first-order chi connectivity index (χ1) is 9.11. The summed E-state index contributed by atoms with van der Waals surface area (Å²) in [5.41, 5.74) is 7.30. The van der Waals surface area contributed by atoms with Crippen molar-refractivity contribution in [2.24, 2.45) is 11.6 Å². The quantitative estimate of drug-likeness (QED) is 0.349. The second kappa shape index (κ2) is 5.83. The minimum absolute atomic E-state index is 0.126. The summed E-state index contributed by atoms with van der Waals surface area (Å²) in [5, 5.41) is 0. The molecule has 0 saturated carbocycles. The average molecular weight is 268 g/mol. The molecule has 1 saturated heterocycles. The van der Waals surface area contributed by atoms with Crippen molar-refractivity contribution >= 4 is 11.8 Å². The molecule has 0 aliphatic carbocycles. The van der Waals surface area contributed by atoms with E-state index in [-0.39, 0.29) is 12.4 Å². The van der Waals surface area contributed by atoms with Crippen molar-refractivity contribution in [1.82, 2.24) is 10.3 Å². The molecule has 8 heteroatoms. The minimum atomic E-state index is -0.500. The van der Waals surface area contributed by atoms with Gasteiger partial charge in [0.15, 0.2) is 5.76 Å². The number of carbonyl (C=O) groups excluding carboxylic acids is 2. The van der Waals surface area contributed by atoms with Crippen molar-refractivity contribution in [3.05, 3.63) is 23.7 Å². The van der Waals surface area contributed by atoms with E-state index in [1.54, 1.807) is 6.07 Å². The highest BCUT2D eigenvalue weighted by atomic mass is 16.5. The van der Waals surface area contributed by atoms with E-state index in [4.69, 9.17) is 20.7 Å². The summed E-state index contributed by atoms with van der Waals surface area (Å²) in [6.45, 7) is 1.76. The fraction of sp³-hybridized carbons (Fsp3) is 0.455. The molecular weight excluding hydrogens is 252 g/mol. The molecule has 1 aliphatic heterocycles. The van der Waals surface area contributed by atoms with Gasteiger partial charge in [-0.25, -0.2) is 5.84 Å². The Balaban J connectivity index is 2.04. The molecule has 19 heavy (non-hydrogen) atoms. The third-order valence-electron chi connectivity index (χ3n) is 2.94. The van der Waals surface area contributed by atoms with Gasteiger partial charge in [-0.2, -0.15) is 0 Å². The number of primary amides is 1. The second-order valence-corrected chi connectivity index (χ2v) is 4.20. The SMILES string of the molecule is NNC(=O)c1ccc(CN2CCOCC2C(N)=O)o1. The number of morpholine rings is 1. The van der Waals surface area contributed by atoms with E-state index in [1.807, 2.05) is 10.3 Å². The number of amides is 2. The maximum absolute atomic E-state index is 11.3. The molecule has 1 atom stereocenters. The van der Waals surface area contributed by atoms with Gasteiger partial charge < -0.3 is 14.9 Å². The van der Waals surface area contributed by atoms with E-state index < -0.39 is 17.9 Å². The standard InChI is InChI=1S/C11H16N4O4/c12-10(16)8-6-18-4-3-15(8)5-7-1-2-9(19-7)11(17)14-13/h1-2,8H,3-6,13H2,(H2,12,16)(H,14,17). The average Bonchev–Trinajstić information content (AvgIpc) is 2.86. The van der Waals surface area contributed by atoms with Crippen LogP contribution in [0.1, 0.15) is 16.3 Å². The van der Waals surface area contributed by atoms with Gasteiger partial charge >= 0.3 is 5.91 Å². The van der Waals surface area contributed by atoms with Gasteiger partial charge in [-0.1, -0.05) is 0 Å². The highest BCUT2D eigenvalue weighted by Gasteiger charge is 2.28. The normalized spacial score (nSPS) is 20.2. The smallest absolute Gasteiger partial charge is 0.300 e. The predicted octanol–water partition coefficient (Wildman–Crippen LogP) is -1.43. The predicted molar refractivity (Wildman–Crippen MR) is 64.6 cm³/mol. The van der Waals surface area contributed by atoms with Gasteiger partial charge in [-0.15, -0.1) is 0 Å². The molecule has 1 fully saturated rings. The number of hydrazine groups is 1. The van der Waals surface area contributed by atoms with Crippen LogP contribution in [0.3, 0.4) is 0 Å². The second-order valence-electron chi connectivity index (χ2n) is 4.20. The molecule has 0 aromatic carbocycles. The number of nitrogen functional groups attached to an aromatic ring is 1. The van der Waals surface area contributed by atoms with Crippen LogP contribution in [0.4, 0.5) is 0 Å². The van der Waals surface area contributed by atoms with Crippen LogP contribution in [-0.2, 0) is 16.1 Å². The molecule has 1 aromatic rings. The van der Waals surface area contributed by atoms with Gasteiger partial charge in [0.1, 0.15) is 11.8 Å². The molecule has 1 aliphatic rings. The first-order valence-corrected chi connectivity index (χ1v) is 5.82. The zero-order valence-electron chi connectivity index (χ0n) is 10.3. The highest BCUT2D eigenvalue weighted by Crippen LogP contribution is 2.15. The van der Waals surface area contributed by atoms with Gasteiger partial charge in [0.05, 0.1) is 19.8 Å². The van der Waals surface area contributed by atoms with Gasteiger partial charge in [0.25, 0.3) is 0 Å². The van der Waals surface area contributed by atoms with Crippen LogP contribution >= 0.6 is 0 Å². The first-order valence-electron chi connectivity index (χ1n) is 5.82. The third kappa shape index (κ3) is 3.11. The summed E-state index contributed by atoms with van der Waals surface area (Å²) in [4.78, 5) is 24.4. The molecule has 104 valence electrons. The van der Waals surface area contributed by atoms with Crippen LogP contribution in [0.2, 0.25) is 0 Å². The number of nitrogens with zero attached hydrogens (tertiary/aromatic N) is 1. The molecule has 0 radical (unpaired) electrons. The van der Waals surface area contributed by atoms with Crippen molar-refractivity contribution in [3.8, 4) is 0 Å². The number of nitrogens with one attached hydrogen (secondary N) is 1. The van der Waals surface area contributed by atoms with Crippen LogP contribution in [0.15, 0.2) is 16.5 Å². The fourth-order valence-corrected chi connectivity index (χ4v) is 1.95. The van der Waals surface area contributed by atoms with Crippen molar-refractivity contribution < 1.29 is 18.7 Å². The molecule has 0 bridgehead atoms. The summed E-state index contributed by atoms with van der Waals surface area (Å²) in [7, 11) is 0. The van der Waals surface area contributed by atoms with Crippen molar-refractivity contribution in [3.63, 3.8) is 0 Å². The number of hydrogen-bond donors (Lipinski definition) is 3. The lowest BCUT2D eigenvalue weighted by atomic mass is 10.2. The Labute approximate surface area is 109 Å². The monoisotopic (exact) mass is 268 g/mol. The van der Waals surface area contributed by atoms with Gasteiger partial charge in [0, 0.05) is 6.54 Å². The number of furan rings is 1. The number of nitrogens with two attached hydrogens (primary N) is 2. The molecule has 5 N–H and O–H groups in total. The van der Waals surface area contributed by atoms with Crippen LogP contribution < -0.4 is 17.0 Å². The Morgan fingerprint density at radius 1 is 1.47 bits per heavy atom. The largest absolute Gasteiger partial charge is 0.455 e. The highest BCUT2D eigenvalue weighted by molar-refractivity contribution is 5.90. The number of carbonyl (C=O) groups is 2. The maximum atomic E-state index is 11.3. The molecule has 2 amide bonds. The summed E-state index contributed by atoms with van der Waals surface area (Å²) in [5.74, 6) is 4.76. The van der Waals surface area contributed by atoms with E-state index in [1.165, 1.54) is 6.07 Å². The van der Waals surface area contributed by atoms with Crippen LogP contribution in [-0.4, -0.2) is 42.5 Å². The van der Waals surface area contributed by atoms with Crippen LogP contribution in [0, 0.1) is 0 Å². The van der Waals surface area contributed by atoms with Crippen molar-refractivity contribution in [2.75, 3.05) is 19.8 Å². The van der Waals surface area contributed by atoms with Crippen LogP contribution in [0.25, 0.3) is 0 Å². The lowest BCUT2D eigenvalue weighted by Crippen LogP contribution is -2.51. The lowest BCUT2D eigenvalue weighted by molar-refractivity contribution is -0.129. The van der Waals surface area contributed by atoms with Gasteiger partial charge in [-0.3, -0.25) is 19.9 Å². The molecule has 0 spiro atoms. The Bertz CT molecular complexity index is 473. The zero-order valence-corrected chi connectivity index (χ0v) is 10.3. The van der Waals surface area contributed by atoms with E-state index in [0.717, 1.165) is 0 Å². The van der Waals surface area contributed by atoms with Gasteiger partial charge in [0.2, 0.25) is 5.91 Å². The fourth-order valence-electron chi connectivity index (χ4n) is 1.95. The maximum Gasteiger partial charge on any atom is 0.300 e. The van der Waals surface area contributed by atoms with E-state index in [9.17, 15) is 9.59 Å². The third-order valence-corrected chi connectivity index (χ3v) is 2.94. The van der Waals surface area contributed by atoms with Gasteiger partial charge in [-0.05, 0) is 12.1 Å². The van der Waals surface area contributed by atoms with E-state index >= 15 is 0 Å². The molecule has 2 rings (SSSR count). The Morgan fingerprint density at radius 3 is 2.95 bits per heavy atom. The zero-order chi connectivity index (χ0) is 13.8. The Kier molecular flexibility index (Phi) is 4.15. The summed E-state index contributed by atoms with van der Waals surface area (Å²) < 4.78 is 10.6. The molecule has 2 heterocycles. The lowest BCUT2D eigenvalue weighted by Gasteiger charge is -2.32. The molecule has 1 unspecified atom stereocenters. The number of hydrogen-bond acceptors (Lipinski definition) is 6. The number of rotatable bonds is 4. The van der Waals surface area contributed by atoms with Crippen LogP contribution in [0.5, 0.6) is 0 Å². The summed E-state index contributed by atoms with van der Waals surface area (Å²) >= 11 is 0. The van der Waals surface area contributed by atoms with E-state index in [0.29, 0.717) is 25.5 Å². The van der Waals surface area contributed by atoms with E-state index in [2.05, 4.69) is 0 Å². The Hall–Kier alpha value is -1.90. The van der Waals surface area contributed by atoms with Crippen molar-refractivity contribution in [2.45, 2.75) is 12.6 Å². The summed E-state index contributed by atoms with van der Waals surface area (Å²) in [6, 6.07) is 2.71. The molecular formula is C11H16N4O4. The topological polar surface area (TPSA) is 124 Å². The number of ether oxygens (including phenoxy) is 1. The Morgan fingerprint density at radius 2 is 2.26 bits per heavy atom. The minimum Gasteiger partial charge on any atom is -0.455 e. The first kappa shape index (κ1) is 13.5. The molecule has 1 aromatic heterocycles. The summed E-state index contributed by atoms with van der Waals surface area (Å²) in [6.07, 6.45) is 0. The van der Waals surface area contributed by atoms with Crippen molar-refractivity contribution in [1.29, 1.82) is 0 Å². The molecule has 8 nitrogen and oxygen atoms in total.